The maximum atomic E-state index is 13.1. The number of hydrogen-bond acceptors (Lipinski definition) is 6. The van der Waals surface area contributed by atoms with Crippen LogP contribution < -0.4 is 5.73 Å². The van der Waals surface area contributed by atoms with Gasteiger partial charge in [0, 0.05) is 17.4 Å². The van der Waals surface area contributed by atoms with E-state index in [9.17, 15) is 4.39 Å². The lowest BCUT2D eigenvalue weighted by atomic mass is 10.1. The molecule has 3 rings (SSSR count). The first kappa shape index (κ1) is 13.8. The second-order valence-electron chi connectivity index (χ2n) is 4.55. The second-order valence-corrected chi connectivity index (χ2v) is 5.49. The molecule has 2 N–H and O–H groups in total. The first-order valence-electron chi connectivity index (χ1n) is 6.42. The van der Waals surface area contributed by atoms with Crippen LogP contribution >= 0.6 is 11.3 Å². The summed E-state index contributed by atoms with van der Waals surface area (Å²) in [6.45, 7) is 2.35. The van der Waals surface area contributed by atoms with E-state index in [0.717, 1.165) is 22.6 Å². The van der Waals surface area contributed by atoms with Gasteiger partial charge < -0.3 is 10.3 Å². The summed E-state index contributed by atoms with van der Waals surface area (Å²) < 4.78 is 18.4. The maximum absolute atomic E-state index is 13.1. The quantitative estimate of drug-likeness (QED) is 0.802. The van der Waals surface area contributed by atoms with Gasteiger partial charge in [-0.1, -0.05) is 5.16 Å². The Balaban J connectivity index is 1.91. The van der Waals surface area contributed by atoms with Crippen molar-refractivity contribution in [3.63, 3.8) is 0 Å². The van der Waals surface area contributed by atoms with Gasteiger partial charge in [-0.3, -0.25) is 0 Å². The van der Waals surface area contributed by atoms with Gasteiger partial charge in [0.1, 0.15) is 11.5 Å². The SMILES string of the molecule is Cc1cc(F)ccc1-c1noc(-c2csc(CCN)n2)n1. The lowest BCUT2D eigenvalue weighted by molar-refractivity contribution is 0.431. The van der Waals surface area contributed by atoms with Crippen molar-refractivity contribution in [1.29, 1.82) is 0 Å². The molecule has 7 heteroatoms. The molecular weight excluding hydrogens is 291 g/mol. The van der Waals surface area contributed by atoms with Gasteiger partial charge in [0.15, 0.2) is 0 Å². The largest absolute Gasteiger partial charge is 0.332 e. The van der Waals surface area contributed by atoms with Crippen molar-refractivity contribution in [2.24, 2.45) is 5.73 Å². The number of rotatable bonds is 4. The van der Waals surface area contributed by atoms with Gasteiger partial charge >= 0.3 is 0 Å². The van der Waals surface area contributed by atoms with Gasteiger partial charge in [-0.25, -0.2) is 9.37 Å². The van der Waals surface area contributed by atoms with E-state index in [1.807, 2.05) is 5.38 Å². The number of nitrogens with zero attached hydrogens (tertiary/aromatic N) is 3. The van der Waals surface area contributed by atoms with Crippen LogP contribution in [0.25, 0.3) is 23.0 Å². The number of halogens is 1. The lowest BCUT2D eigenvalue weighted by Gasteiger charge is -1.99. The number of aryl methyl sites for hydroxylation is 1. The van der Waals surface area contributed by atoms with Crippen molar-refractivity contribution in [2.45, 2.75) is 13.3 Å². The Labute approximate surface area is 124 Å². The molecule has 0 amide bonds. The molecule has 0 atom stereocenters. The number of benzene rings is 1. The second kappa shape index (κ2) is 5.71. The summed E-state index contributed by atoms with van der Waals surface area (Å²) in [7, 11) is 0. The number of thiazole rings is 1. The van der Waals surface area contributed by atoms with Crippen molar-refractivity contribution in [2.75, 3.05) is 6.54 Å². The molecule has 3 aromatic rings. The predicted molar refractivity (Wildman–Crippen MR) is 78.3 cm³/mol. The standard InChI is InChI=1S/C14H13FN4OS/c1-8-6-9(15)2-3-10(8)13-18-14(20-19-13)11-7-21-12(17-11)4-5-16/h2-3,6-7H,4-5,16H2,1H3. The first-order chi connectivity index (χ1) is 10.2. The third kappa shape index (κ3) is 2.84. The molecule has 0 fully saturated rings. The van der Waals surface area contributed by atoms with Gasteiger partial charge in [0.2, 0.25) is 5.82 Å². The topological polar surface area (TPSA) is 77.8 Å². The summed E-state index contributed by atoms with van der Waals surface area (Å²) in [6.07, 6.45) is 0.725. The Morgan fingerprint density at radius 3 is 2.95 bits per heavy atom. The van der Waals surface area contributed by atoms with E-state index in [-0.39, 0.29) is 5.82 Å². The third-order valence-electron chi connectivity index (χ3n) is 2.98. The van der Waals surface area contributed by atoms with Crippen LogP contribution in [0.3, 0.4) is 0 Å². The highest BCUT2D eigenvalue weighted by molar-refractivity contribution is 7.09. The molecule has 108 valence electrons. The van der Waals surface area contributed by atoms with E-state index in [2.05, 4.69) is 15.1 Å². The Morgan fingerprint density at radius 2 is 2.19 bits per heavy atom. The van der Waals surface area contributed by atoms with Gasteiger partial charge in [-0.2, -0.15) is 4.98 Å². The highest BCUT2D eigenvalue weighted by Crippen LogP contribution is 2.25. The molecule has 0 spiro atoms. The van der Waals surface area contributed by atoms with E-state index < -0.39 is 0 Å². The molecule has 5 nitrogen and oxygen atoms in total. The van der Waals surface area contributed by atoms with Crippen molar-refractivity contribution < 1.29 is 8.91 Å². The normalized spacial score (nSPS) is 11.0. The van der Waals surface area contributed by atoms with Gasteiger partial charge in [-0.05, 0) is 37.2 Å². The molecule has 0 aliphatic rings. The van der Waals surface area contributed by atoms with Crippen LogP contribution in [-0.4, -0.2) is 21.7 Å². The fraction of sp³-hybridized carbons (Fsp3) is 0.214. The van der Waals surface area contributed by atoms with Crippen LogP contribution in [-0.2, 0) is 6.42 Å². The summed E-state index contributed by atoms with van der Waals surface area (Å²) in [4.78, 5) is 8.72. The molecule has 0 saturated carbocycles. The summed E-state index contributed by atoms with van der Waals surface area (Å²) in [5, 5.41) is 6.74. The molecule has 0 unspecified atom stereocenters. The number of hydrogen-bond donors (Lipinski definition) is 1. The number of aromatic nitrogens is 3. The maximum Gasteiger partial charge on any atom is 0.277 e. The summed E-state index contributed by atoms with van der Waals surface area (Å²) in [5.74, 6) is 0.495. The highest BCUT2D eigenvalue weighted by atomic mass is 32.1. The van der Waals surface area contributed by atoms with E-state index in [0.29, 0.717) is 24.0 Å². The Kier molecular flexibility index (Phi) is 3.76. The highest BCUT2D eigenvalue weighted by Gasteiger charge is 2.15. The zero-order valence-corrected chi connectivity index (χ0v) is 12.2. The number of nitrogens with two attached hydrogens (primary N) is 1. The third-order valence-corrected chi connectivity index (χ3v) is 3.89. The first-order valence-corrected chi connectivity index (χ1v) is 7.30. The van der Waals surface area contributed by atoms with E-state index in [1.54, 1.807) is 13.0 Å². The van der Waals surface area contributed by atoms with Crippen LogP contribution in [0.4, 0.5) is 4.39 Å². The summed E-state index contributed by atoms with van der Waals surface area (Å²) in [6, 6.07) is 4.45. The molecular formula is C14H13FN4OS. The minimum Gasteiger partial charge on any atom is -0.332 e. The Bertz CT molecular complexity index is 768. The summed E-state index contributed by atoms with van der Waals surface area (Å²) >= 11 is 1.51. The van der Waals surface area contributed by atoms with E-state index >= 15 is 0 Å². The van der Waals surface area contributed by atoms with Crippen molar-refractivity contribution in [1.82, 2.24) is 15.1 Å². The predicted octanol–water partition coefficient (Wildman–Crippen LogP) is 2.81. The monoisotopic (exact) mass is 304 g/mol. The van der Waals surface area contributed by atoms with Gasteiger partial charge in [-0.15, -0.1) is 11.3 Å². The van der Waals surface area contributed by atoms with Crippen molar-refractivity contribution in [3.8, 4) is 23.0 Å². The fourth-order valence-corrected chi connectivity index (χ4v) is 2.75. The minimum atomic E-state index is -0.286. The zero-order chi connectivity index (χ0) is 14.8. The molecule has 0 saturated heterocycles. The van der Waals surface area contributed by atoms with Gasteiger partial charge in [0.05, 0.1) is 5.01 Å². The minimum absolute atomic E-state index is 0.286. The average molecular weight is 304 g/mol. The fourth-order valence-electron chi connectivity index (χ4n) is 1.96. The molecule has 2 heterocycles. The molecule has 1 aromatic carbocycles. The van der Waals surface area contributed by atoms with E-state index in [1.165, 1.54) is 23.5 Å². The Morgan fingerprint density at radius 1 is 1.33 bits per heavy atom. The van der Waals surface area contributed by atoms with Crippen LogP contribution in [0.1, 0.15) is 10.6 Å². The van der Waals surface area contributed by atoms with Crippen molar-refractivity contribution >= 4 is 11.3 Å². The molecule has 0 aliphatic carbocycles. The van der Waals surface area contributed by atoms with Crippen molar-refractivity contribution in [3.05, 3.63) is 40.0 Å². The van der Waals surface area contributed by atoms with Gasteiger partial charge in [0.25, 0.3) is 5.89 Å². The molecule has 0 bridgehead atoms. The lowest BCUT2D eigenvalue weighted by Crippen LogP contribution is -2.01. The molecule has 0 aliphatic heterocycles. The van der Waals surface area contributed by atoms with Crippen LogP contribution in [0, 0.1) is 12.7 Å². The van der Waals surface area contributed by atoms with Crippen LogP contribution in [0.2, 0.25) is 0 Å². The zero-order valence-electron chi connectivity index (χ0n) is 11.3. The van der Waals surface area contributed by atoms with Crippen LogP contribution in [0.5, 0.6) is 0 Å². The smallest absolute Gasteiger partial charge is 0.277 e. The molecule has 0 radical (unpaired) electrons. The average Bonchev–Trinajstić information content (AvgIpc) is 3.08. The Hall–Kier alpha value is -2.12. The molecule has 21 heavy (non-hydrogen) atoms. The van der Waals surface area contributed by atoms with E-state index in [4.69, 9.17) is 10.3 Å². The summed E-state index contributed by atoms with van der Waals surface area (Å²) in [5.41, 5.74) is 7.64. The molecule has 2 aromatic heterocycles. The van der Waals surface area contributed by atoms with Crippen LogP contribution in [0.15, 0.2) is 28.1 Å².